The van der Waals surface area contributed by atoms with Crippen LogP contribution >= 0.6 is 0 Å². The Bertz CT molecular complexity index is 956. The molecule has 0 spiro atoms. The molecule has 0 unspecified atom stereocenters. The van der Waals surface area contributed by atoms with Gasteiger partial charge in [0.25, 0.3) is 5.91 Å². The topological polar surface area (TPSA) is 101 Å². The average Bonchev–Trinajstić information content (AvgIpc) is 3.26. The Morgan fingerprint density at radius 1 is 1.21 bits per heavy atom. The van der Waals surface area contributed by atoms with Gasteiger partial charge in [-0.05, 0) is 55.8 Å². The maximum absolute atomic E-state index is 12.5. The molecule has 1 amide bonds. The summed E-state index contributed by atoms with van der Waals surface area (Å²) in [6, 6.07) is 8.13. The summed E-state index contributed by atoms with van der Waals surface area (Å²) >= 11 is 0. The van der Waals surface area contributed by atoms with Crippen molar-refractivity contribution in [1.29, 1.82) is 0 Å². The lowest BCUT2D eigenvalue weighted by Crippen LogP contribution is -2.25. The first-order chi connectivity index (χ1) is 13.4. The fourth-order valence-electron chi connectivity index (χ4n) is 3.11. The van der Waals surface area contributed by atoms with Gasteiger partial charge in [0.05, 0.1) is 7.11 Å². The molecule has 28 heavy (non-hydrogen) atoms. The van der Waals surface area contributed by atoms with Crippen LogP contribution in [0.3, 0.4) is 0 Å². The number of ether oxygens (including phenoxy) is 1. The summed E-state index contributed by atoms with van der Waals surface area (Å²) in [6.07, 6.45) is 4.07. The van der Waals surface area contributed by atoms with E-state index in [2.05, 4.69) is 19.9 Å². The molecule has 2 aromatic rings. The van der Waals surface area contributed by atoms with Crippen LogP contribution in [0.25, 0.3) is 0 Å². The van der Waals surface area contributed by atoms with Crippen LogP contribution in [-0.2, 0) is 16.6 Å². The summed E-state index contributed by atoms with van der Waals surface area (Å²) in [7, 11) is -1.06. The van der Waals surface area contributed by atoms with Gasteiger partial charge in [-0.1, -0.05) is 0 Å². The molecule has 1 aromatic heterocycles. The number of hydrogen-bond donors (Lipinski definition) is 2. The minimum atomic E-state index is -3.75. The number of amides is 1. The minimum Gasteiger partial charge on any atom is -0.495 e. The zero-order chi connectivity index (χ0) is 20.1. The Morgan fingerprint density at radius 3 is 2.64 bits per heavy atom. The van der Waals surface area contributed by atoms with E-state index in [4.69, 9.17) is 4.74 Å². The van der Waals surface area contributed by atoms with Gasteiger partial charge >= 0.3 is 0 Å². The van der Waals surface area contributed by atoms with Gasteiger partial charge in [0.15, 0.2) is 0 Å². The molecular weight excluding hydrogens is 380 g/mol. The van der Waals surface area contributed by atoms with Gasteiger partial charge in [-0.25, -0.2) is 18.1 Å². The molecule has 2 N–H and O–H groups in total. The Hall–Kier alpha value is -2.65. The van der Waals surface area contributed by atoms with Crippen molar-refractivity contribution in [2.45, 2.75) is 24.3 Å². The summed E-state index contributed by atoms with van der Waals surface area (Å²) in [5.41, 5.74) is 1.17. The number of carbonyl (C=O) groups is 1. The van der Waals surface area contributed by atoms with Crippen molar-refractivity contribution in [2.75, 3.05) is 32.1 Å². The SMILES string of the molecule is CNS(=O)(=O)c1cc(C(=O)NCc2ccnc(N3CCCC3)c2)ccc1OC. The van der Waals surface area contributed by atoms with E-state index in [0.29, 0.717) is 6.54 Å². The highest BCUT2D eigenvalue weighted by atomic mass is 32.2. The van der Waals surface area contributed by atoms with E-state index in [-0.39, 0.29) is 22.1 Å². The van der Waals surface area contributed by atoms with Crippen LogP contribution in [0.2, 0.25) is 0 Å². The van der Waals surface area contributed by atoms with Gasteiger partial charge in [0, 0.05) is 31.4 Å². The number of hydrogen-bond acceptors (Lipinski definition) is 6. The minimum absolute atomic E-state index is 0.0784. The van der Waals surface area contributed by atoms with Crippen molar-refractivity contribution in [1.82, 2.24) is 15.0 Å². The number of nitrogens with one attached hydrogen (secondary N) is 2. The molecule has 3 rings (SSSR count). The molecule has 1 fully saturated rings. The normalized spacial score (nSPS) is 14.1. The van der Waals surface area contributed by atoms with Gasteiger partial charge in [0.2, 0.25) is 10.0 Å². The standard InChI is InChI=1S/C19H24N4O4S/c1-20-28(25,26)17-12-15(5-6-16(17)27-2)19(24)22-13-14-7-8-21-18(11-14)23-9-3-4-10-23/h5-8,11-12,20H,3-4,9-10,13H2,1-2H3,(H,22,24). The van der Waals surface area contributed by atoms with E-state index in [1.165, 1.54) is 32.4 Å². The van der Waals surface area contributed by atoms with E-state index < -0.39 is 10.0 Å². The number of rotatable bonds is 7. The van der Waals surface area contributed by atoms with Crippen molar-refractivity contribution >= 4 is 21.7 Å². The molecule has 0 bridgehead atoms. The van der Waals surface area contributed by atoms with Gasteiger partial charge in [-0.2, -0.15) is 0 Å². The number of anilines is 1. The third-order valence-electron chi connectivity index (χ3n) is 4.68. The largest absolute Gasteiger partial charge is 0.495 e. The lowest BCUT2D eigenvalue weighted by atomic mass is 10.2. The van der Waals surface area contributed by atoms with Crippen LogP contribution < -0.4 is 19.7 Å². The van der Waals surface area contributed by atoms with Crippen LogP contribution in [-0.4, -0.2) is 46.6 Å². The predicted octanol–water partition coefficient (Wildman–Crippen LogP) is 1.53. The molecule has 0 aliphatic carbocycles. The first kappa shape index (κ1) is 20.1. The highest BCUT2D eigenvalue weighted by Gasteiger charge is 2.20. The second-order valence-corrected chi connectivity index (χ2v) is 8.33. The summed E-state index contributed by atoms with van der Waals surface area (Å²) in [6.45, 7) is 2.32. The van der Waals surface area contributed by atoms with Gasteiger partial charge < -0.3 is 15.0 Å². The molecule has 9 heteroatoms. The van der Waals surface area contributed by atoms with Gasteiger partial charge in [-0.3, -0.25) is 4.79 Å². The Kier molecular flexibility index (Phi) is 6.15. The highest BCUT2D eigenvalue weighted by Crippen LogP contribution is 2.24. The Morgan fingerprint density at radius 2 is 1.96 bits per heavy atom. The number of carbonyl (C=O) groups excluding carboxylic acids is 1. The molecule has 8 nitrogen and oxygen atoms in total. The Labute approximate surface area is 165 Å². The number of sulfonamides is 1. The molecule has 1 aliphatic heterocycles. The van der Waals surface area contributed by atoms with Crippen LogP contribution in [0.4, 0.5) is 5.82 Å². The molecule has 150 valence electrons. The molecular formula is C19H24N4O4S. The molecule has 1 saturated heterocycles. The average molecular weight is 404 g/mol. The second kappa shape index (κ2) is 8.57. The molecule has 0 radical (unpaired) electrons. The quantitative estimate of drug-likeness (QED) is 0.726. The van der Waals surface area contributed by atoms with E-state index >= 15 is 0 Å². The number of pyridine rings is 1. The van der Waals surface area contributed by atoms with Crippen molar-refractivity contribution in [3.63, 3.8) is 0 Å². The smallest absolute Gasteiger partial charge is 0.251 e. The number of methoxy groups -OCH3 is 1. The third kappa shape index (κ3) is 4.42. The summed E-state index contributed by atoms with van der Waals surface area (Å²) in [4.78, 5) is 19.1. The van der Waals surface area contributed by atoms with Crippen molar-refractivity contribution < 1.29 is 17.9 Å². The number of nitrogens with zero attached hydrogens (tertiary/aromatic N) is 2. The molecule has 1 aliphatic rings. The lowest BCUT2D eigenvalue weighted by molar-refractivity contribution is 0.0950. The first-order valence-corrected chi connectivity index (χ1v) is 10.5. The van der Waals surface area contributed by atoms with E-state index in [1.807, 2.05) is 12.1 Å². The molecule has 2 heterocycles. The summed E-state index contributed by atoms with van der Waals surface area (Å²) in [5.74, 6) is 0.723. The zero-order valence-electron chi connectivity index (χ0n) is 15.9. The van der Waals surface area contributed by atoms with Gasteiger partial charge in [-0.15, -0.1) is 0 Å². The molecule has 0 atom stereocenters. The fraction of sp³-hybridized carbons (Fsp3) is 0.368. The van der Waals surface area contributed by atoms with Crippen LogP contribution in [0.5, 0.6) is 5.75 Å². The van der Waals surface area contributed by atoms with E-state index in [0.717, 1.165) is 37.3 Å². The summed E-state index contributed by atoms with van der Waals surface area (Å²) in [5, 5.41) is 2.83. The maximum Gasteiger partial charge on any atom is 0.251 e. The lowest BCUT2D eigenvalue weighted by Gasteiger charge is -2.17. The third-order valence-corrected chi connectivity index (χ3v) is 6.11. The van der Waals surface area contributed by atoms with E-state index in [1.54, 1.807) is 6.20 Å². The van der Waals surface area contributed by atoms with Crippen molar-refractivity contribution in [3.8, 4) is 5.75 Å². The van der Waals surface area contributed by atoms with Crippen LogP contribution in [0.15, 0.2) is 41.4 Å². The second-order valence-electron chi connectivity index (χ2n) is 6.47. The van der Waals surface area contributed by atoms with Crippen LogP contribution in [0, 0.1) is 0 Å². The molecule has 1 aromatic carbocycles. The van der Waals surface area contributed by atoms with E-state index in [9.17, 15) is 13.2 Å². The van der Waals surface area contributed by atoms with Crippen molar-refractivity contribution in [3.05, 3.63) is 47.7 Å². The Balaban J connectivity index is 1.73. The zero-order valence-corrected chi connectivity index (χ0v) is 16.8. The monoisotopic (exact) mass is 404 g/mol. The molecule has 0 saturated carbocycles. The highest BCUT2D eigenvalue weighted by molar-refractivity contribution is 7.89. The van der Waals surface area contributed by atoms with Gasteiger partial charge in [0.1, 0.15) is 16.5 Å². The summed E-state index contributed by atoms with van der Waals surface area (Å²) < 4.78 is 31.7. The predicted molar refractivity (Wildman–Crippen MR) is 106 cm³/mol. The number of aromatic nitrogens is 1. The fourth-order valence-corrected chi connectivity index (χ4v) is 4.03. The maximum atomic E-state index is 12.5. The first-order valence-electron chi connectivity index (χ1n) is 9.04. The van der Waals surface area contributed by atoms with Crippen LogP contribution in [0.1, 0.15) is 28.8 Å². The number of benzene rings is 1. The van der Waals surface area contributed by atoms with Crippen molar-refractivity contribution in [2.24, 2.45) is 0 Å².